The minimum Gasteiger partial charge on any atom is -0.360 e. The van der Waals surface area contributed by atoms with Crippen molar-refractivity contribution in [2.24, 2.45) is 0 Å². The molecular weight excluding hydrogens is 342 g/mol. The number of rotatable bonds is 3. The van der Waals surface area contributed by atoms with Gasteiger partial charge >= 0.3 is 0 Å². The zero-order chi connectivity index (χ0) is 19.1. The van der Waals surface area contributed by atoms with Gasteiger partial charge in [0.2, 0.25) is 0 Å². The van der Waals surface area contributed by atoms with Gasteiger partial charge in [-0.1, -0.05) is 77.9 Å². The molecule has 0 radical (unpaired) electrons. The maximum Gasteiger partial charge on any atom is 0.140 e. The Morgan fingerprint density at radius 3 is 2.07 bits per heavy atom. The first kappa shape index (κ1) is 16.6. The summed E-state index contributed by atoms with van der Waals surface area (Å²) >= 11 is 0. The van der Waals surface area contributed by atoms with E-state index in [1.807, 2.05) is 12.3 Å². The number of aromatic amines is 2. The van der Waals surface area contributed by atoms with Gasteiger partial charge in [0.05, 0.1) is 11.4 Å². The van der Waals surface area contributed by atoms with Gasteiger partial charge in [-0.05, 0) is 19.9 Å². The molecule has 0 atom stereocenters. The van der Waals surface area contributed by atoms with Crippen LogP contribution in [-0.2, 0) is 0 Å². The number of fused-ring (bicyclic) bond motifs is 1. The molecule has 0 saturated heterocycles. The number of hydrogen-bond acceptors (Lipinski definition) is 1. The van der Waals surface area contributed by atoms with Crippen molar-refractivity contribution in [1.29, 1.82) is 0 Å². The standard InChI is InChI=1S/C25H21N3/c1-16-7-11-18(12-8-16)23-24(19-13-9-17(2)10-14-19)28-25(27-23)21-15-26-22-6-4-3-5-20(21)22/h3-15,26H,1-2H3,(H,27,28). The molecule has 0 fully saturated rings. The molecule has 28 heavy (non-hydrogen) atoms. The molecule has 2 N–H and O–H groups in total. The molecule has 3 aromatic carbocycles. The molecule has 136 valence electrons. The van der Waals surface area contributed by atoms with Crippen LogP contribution in [0, 0.1) is 13.8 Å². The van der Waals surface area contributed by atoms with Crippen LogP contribution in [-0.4, -0.2) is 15.0 Å². The Hall–Kier alpha value is -3.59. The highest BCUT2D eigenvalue weighted by molar-refractivity contribution is 5.95. The summed E-state index contributed by atoms with van der Waals surface area (Å²) in [5.74, 6) is 0.878. The van der Waals surface area contributed by atoms with Crippen molar-refractivity contribution in [2.45, 2.75) is 13.8 Å². The second-order valence-corrected chi connectivity index (χ2v) is 7.29. The summed E-state index contributed by atoms with van der Waals surface area (Å²) in [7, 11) is 0. The number of nitrogens with zero attached hydrogens (tertiary/aromatic N) is 1. The van der Waals surface area contributed by atoms with Crippen LogP contribution in [0.3, 0.4) is 0 Å². The van der Waals surface area contributed by atoms with Gasteiger partial charge in [-0.25, -0.2) is 4.98 Å². The molecule has 0 aliphatic heterocycles. The largest absolute Gasteiger partial charge is 0.360 e. The summed E-state index contributed by atoms with van der Waals surface area (Å²) in [6.45, 7) is 4.21. The predicted octanol–water partition coefficient (Wildman–Crippen LogP) is 6.51. The van der Waals surface area contributed by atoms with Crippen molar-refractivity contribution in [2.75, 3.05) is 0 Å². The second kappa shape index (κ2) is 6.54. The third-order valence-electron chi connectivity index (χ3n) is 5.21. The molecule has 0 bridgehead atoms. The summed E-state index contributed by atoms with van der Waals surface area (Å²) in [4.78, 5) is 12.0. The number of hydrogen-bond donors (Lipinski definition) is 2. The maximum atomic E-state index is 5.03. The molecular formula is C25H21N3. The summed E-state index contributed by atoms with van der Waals surface area (Å²) in [6.07, 6.45) is 2.03. The minimum absolute atomic E-state index is 0.878. The molecule has 0 aliphatic carbocycles. The fourth-order valence-corrected chi connectivity index (χ4v) is 3.62. The van der Waals surface area contributed by atoms with E-state index in [1.54, 1.807) is 0 Å². The lowest BCUT2D eigenvalue weighted by atomic mass is 10.0. The molecule has 0 saturated carbocycles. The SMILES string of the molecule is Cc1ccc(-c2nc(-c3c[nH]c4ccccc34)[nH]c2-c2ccc(C)cc2)cc1. The number of nitrogens with one attached hydrogen (secondary N) is 2. The Labute approximate surface area is 164 Å². The lowest BCUT2D eigenvalue weighted by Crippen LogP contribution is -1.84. The second-order valence-electron chi connectivity index (χ2n) is 7.29. The van der Waals surface area contributed by atoms with Crippen LogP contribution in [0.5, 0.6) is 0 Å². The number of para-hydroxylation sites is 1. The van der Waals surface area contributed by atoms with Crippen LogP contribution in [0.1, 0.15) is 11.1 Å². The molecule has 0 aliphatic rings. The maximum absolute atomic E-state index is 5.03. The monoisotopic (exact) mass is 363 g/mol. The van der Waals surface area contributed by atoms with Gasteiger partial charge in [0.1, 0.15) is 5.82 Å². The third-order valence-corrected chi connectivity index (χ3v) is 5.21. The van der Waals surface area contributed by atoms with Crippen LogP contribution in [0.4, 0.5) is 0 Å². The van der Waals surface area contributed by atoms with E-state index in [2.05, 4.69) is 90.5 Å². The number of aromatic nitrogens is 3. The summed E-state index contributed by atoms with van der Waals surface area (Å²) in [6, 6.07) is 25.4. The number of aryl methyl sites for hydroxylation is 2. The zero-order valence-electron chi connectivity index (χ0n) is 16.0. The van der Waals surface area contributed by atoms with Crippen LogP contribution < -0.4 is 0 Å². The molecule has 0 spiro atoms. The number of imidazole rings is 1. The average molecular weight is 363 g/mol. The van der Waals surface area contributed by atoms with E-state index in [1.165, 1.54) is 16.5 Å². The fraction of sp³-hybridized carbons (Fsp3) is 0.0800. The molecule has 5 rings (SSSR count). The smallest absolute Gasteiger partial charge is 0.140 e. The number of benzene rings is 3. The quantitative estimate of drug-likeness (QED) is 0.377. The highest BCUT2D eigenvalue weighted by atomic mass is 14.9. The van der Waals surface area contributed by atoms with E-state index < -0.39 is 0 Å². The van der Waals surface area contributed by atoms with Gasteiger partial charge in [0.25, 0.3) is 0 Å². The molecule has 5 aromatic rings. The normalized spacial score (nSPS) is 11.2. The predicted molar refractivity (Wildman–Crippen MR) is 116 cm³/mol. The van der Waals surface area contributed by atoms with Crippen molar-refractivity contribution in [3.8, 4) is 33.9 Å². The van der Waals surface area contributed by atoms with Gasteiger partial charge in [0, 0.05) is 33.8 Å². The van der Waals surface area contributed by atoms with E-state index in [0.717, 1.165) is 39.4 Å². The molecule has 2 aromatic heterocycles. The first-order valence-electron chi connectivity index (χ1n) is 9.49. The van der Waals surface area contributed by atoms with Crippen LogP contribution in [0.25, 0.3) is 44.8 Å². The lowest BCUT2D eigenvalue weighted by molar-refractivity contribution is 1.31. The van der Waals surface area contributed by atoms with Crippen molar-refractivity contribution in [3.05, 3.63) is 90.1 Å². The Kier molecular flexibility index (Phi) is 3.87. The van der Waals surface area contributed by atoms with Gasteiger partial charge < -0.3 is 9.97 Å². The summed E-state index contributed by atoms with van der Waals surface area (Å²) < 4.78 is 0. The van der Waals surface area contributed by atoms with Crippen LogP contribution in [0.15, 0.2) is 79.0 Å². The molecule has 3 heteroatoms. The Bertz CT molecular complexity index is 1190. The van der Waals surface area contributed by atoms with Gasteiger partial charge in [-0.2, -0.15) is 0 Å². The fourth-order valence-electron chi connectivity index (χ4n) is 3.62. The highest BCUT2D eigenvalue weighted by Gasteiger charge is 2.17. The van der Waals surface area contributed by atoms with Gasteiger partial charge in [-0.3, -0.25) is 0 Å². The number of H-pyrrole nitrogens is 2. The molecule has 0 unspecified atom stereocenters. The Morgan fingerprint density at radius 1 is 0.714 bits per heavy atom. The van der Waals surface area contributed by atoms with E-state index in [9.17, 15) is 0 Å². The van der Waals surface area contributed by atoms with Gasteiger partial charge in [-0.15, -0.1) is 0 Å². The Balaban J connectivity index is 1.72. The topological polar surface area (TPSA) is 44.5 Å². The molecule has 2 heterocycles. The first-order chi connectivity index (χ1) is 13.7. The van der Waals surface area contributed by atoms with E-state index in [-0.39, 0.29) is 0 Å². The van der Waals surface area contributed by atoms with Crippen molar-refractivity contribution in [3.63, 3.8) is 0 Å². The molecule has 0 amide bonds. The lowest BCUT2D eigenvalue weighted by Gasteiger charge is -2.04. The average Bonchev–Trinajstić information content (AvgIpc) is 3.33. The van der Waals surface area contributed by atoms with E-state index in [4.69, 9.17) is 4.98 Å². The van der Waals surface area contributed by atoms with Crippen molar-refractivity contribution >= 4 is 10.9 Å². The Morgan fingerprint density at radius 2 is 1.36 bits per heavy atom. The van der Waals surface area contributed by atoms with E-state index in [0.29, 0.717) is 0 Å². The summed E-state index contributed by atoms with van der Waals surface area (Å²) in [5.41, 5.74) is 8.96. The van der Waals surface area contributed by atoms with Crippen molar-refractivity contribution in [1.82, 2.24) is 15.0 Å². The third kappa shape index (κ3) is 2.81. The minimum atomic E-state index is 0.878. The van der Waals surface area contributed by atoms with Gasteiger partial charge in [0.15, 0.2) is 0 Å². The van der Waals surface area contributed by atoms with Crippen LogP contribution >= 0.6 is 0 Å². The van der Waals surface area contributed by atoms with E-state index >= 15 is 0 Å². The highest BCUT2D eigenvalue weighted by Crippen LogP contribution is 2.35. The van der Waals surface area contributed by atoms with Crippen molar-refractivity contribution < 1.29 is 0 Å². The first-order valence-corrected chi connectivity index (χ1v) is 9.49. The van der Waals surface area contributed by atoms with Crippen LogP contribution in [0.2, 0.25) is 0 Å². The zero-order valence-corrected chi connectivity index (χ0v) is 16.0. The summed E-state index contributed by atoms with van der Waals surface area (Å²) in [5, 5.41) is 1.17. The molecule has 3 nitrogen and oxygen atoms in total.